The van der Waals surface area contributed by atoms with Crippen LogP contribution in [0.15, 0.2) is 18.2 Å². The Morgan fingerprint density at radius 3 is 2.50 bits per heavy atom. The second kappa shape index (κ2) is 5.87. The molecule has 0 bridgehead atoms. The Labute approximate surface area is 108 Å². The van der Waals surface area contributed by atoms with Crippen LogP contribution in [0.3, 0.4) is 0 Å². The fourth-order valence-corrected chi connectivity index (χ4v) is 1.49. The van der Waals surface area contributed by atoms with Gasteiger partial charge in [0, 0.05) is 0 Å². The number of nitrogens with one attached hydrogen (secondary N) is 1. The molecule has 0 amide bonds. The molecule has 1 aromatic carbocycles. The van der Waals surface area contributed by atoms with E-state index >= 15 is 0 Å². The van der Waals surface area contributed by atoms with Crippen molar-refractivity contribution >= 4 is 5.97 Å². The number of hydrogen-bond donors (Lipinski definition) is 1. The van der Waals surface area contributed by atoms with Crippen molar-refractivity contribution in [3.05, 3.63) is 29.3 Å². The van der Waals surface area contributed by atoms with Crippen molar-refractivity contribution in [1.82, 2.24) is 5.32 Å². The molecule has 0 saturated carbocycles. The number of aryl methyl sites for hydroxylation is 2. The van der Waals surface area contributed by atoms with Crippen LogP contribution in [0.25, 0.3) is 0 Å². The van der Waals surface area contributed by atoms with E-state index < -0.39 is 5.54 Å². The molecule has 1 rings (SSSR count). The summed E-state index contributed by atoms with van der Waals surface area (Å²) in [5.74, 6) is 0.414. The molecule has 1 atom stereocenters. The summed E-state index contributed by atoms with van der Waals surface area (Å²) in [6.07, 6.45) is 0. The fourth-order valence-electron chi connectivity index (χ4n) is 1.49. The van der Waals surface area contributed by atoms with Crippen molar-refractivity contribution in [3.8, 4) is 5.75 Å². The number of benzene rings is 1. The molecule has 1 N–H and O–H groups in total. The molecular formula is C14H21NO3. The van der Waals surface area contributed by atoms with Crippen molar-refractivity contribution in [2.45, 2.75) is 26.3 Å². The average molecular weight is 251 g/mol. The van der Waals surface area contributed by atoms with Gasteiger partial charge in [0.25, 0.3) is 0 Å². The molecule has 1 aromatic rings. The number of likely N-dealkylation sites (N-methyl/N-ethyl adjacent to an activating group) is 1. The third kappa shape index (κ3) is 3.23. The van der Waals surface area contributed by atoms with Gasteiger partial charge in [0.2, 0.25) is 0 Å². The van der Waals surface area contributed by atoms with E-state index in [2.05, 4.69) is 5.32 Å². The van der Waals surface area contributed by atoms with Crippen molar-refractivity contribution in [3.63, 3.8) is 0 Å². The summed E-state index contributed by atoms with van der Waals surface area (Å²) in [6.45, 7) is 6.05. The first-order valence-corrected chi connectivity index (χ1v) is 5.90. The Kier molecular flexibility index (Phi) is 4.73. The molecule has 0 saturated heterocycles. The molecule has 0 aliphatic carbocycles. The highest BCUT2D eigenvalue weighted by Gasteiger charge is 2.33. The van der Waals surface area contributed by atoms with Gasteiger partial charge in [0.15, 0.2) is 0 Å². The van der Waals surface area contributed by atoms with Crippen LogP contribution in [0.5, 0.6) is 5.75 Å². The number of hydrogen-bond acceptors (Lipinski definition) is 4. The molecule has 1 unspecified atom stereocenters. The summed E-state index contributed by atoms with van der Waals surface area (Å²) in [7, 11) is 3.08. The Morgan fingerprint density at radius 2 is 2.00 bits per heavy atom. The summed E-state index contributed by atoms with van der Waals surface area (Å²) in [4.78, 5) is 11.6. The quantitative estimate of drug-likeness (QED) is 0.811. The van der Waals surface area contributed by atoms with Gasteiger partial charge in [-0.3, -0.25) is 0 Å². The first kappa shape index (κ1) is 14.5. The molecule has 0 spiro atoms. The molecule has 0 aromatic heterocycles. The first-order valence-electron chi connectivity index (χ1n) is 5.90. The molecule has 4 heteroatoms. The first-order chi connectivity index (χ1) is 8.42. The van der Waals surface area contributed by atoms with Crippen LogP contribution < -0.4 is 10.1 Å². The van der Waals surface area contributed by atoms with Crippen LogP contribution >= 0.6 is 0 Å². The van der Waals surface area contributed by atoms with Gasteiger partial charge in [-0.05, 0) is 51.1 Å². The molecule has 0 radical (unpaired) electrons. The summed E-state index contributed by atoms with van der Waals surface area (Å²) >= 11 is 0. The van der Waals surface area contributed by atoms with E-state index in [4.69, 9.17) is 9.47 Å². The number of methoxy groups -OCH3 is 1. The highest BCUT2D eigenvalue weighted by Crippen LogP contribution is 2.18. The molecule has 0 heterocycles. The second-order valence-corrected chi connectivity index (χ2v) is 4.61. The lowest BCUT2D eigenvalue weighted by Crippen LogP contribution is -2.52. The van der Waals surface area contributed by atoms with Crippen molar-refractivity contribution in [2.75, 3.05) is 20.8 Å². The van der Waals surface area contributed by atoms with Gasteiger partial charge in [-0.2, -0.15) is 0 Å². The second-order valence-electron chi connectivity index (χ2n) is 4.61. The topological polar surface area (TPSA) is 47.6 Å². The largest absolute Gasteiger partial charge is 0.491 e. The molecule has 100 valence electrons. The van der Waals surface area contributed by atoms with Crippen molar-refractivity contribution in [2.24, 2.45) is 0 Å². The van der Waals surface area contributed by atoms with E-state index in [9.17, 15) is 4.79 Å². The highest BCUT2D eigenvalue weighted by molar-refractivity contribution is 5.80. The molecule has 0 aliphatic rings. The Morgan fingerprint density at radius 1 is 1.33 bits per heavy atom. The number of ether oxygens (including phenoxy) is 2. The van der Waals surface area contributed by atoms with E-state index in [1.165, 1.54) is 12.7 Å². The van der Waals surface area contributed by atoms with Gasteiger partial charge in [-0.15, -0.1) is 0 Å². The predicted octanol–water partition coefficient (Wildman–Crippen LogP) is 1.83. The summed E-state index contributed by atoms with van der Waals surface area (Å²) in [6, 6.07) is 5.86. The molecular weight excluding hydrogens is 230 g/mol. The summed E-state index contributed by atoms with van der Waals surface area (Å²) < 4.78 is 10.4. The van der Waals surface area contributed by atoms with Gasteiger partial charge in [-0.1, -0.05) is 6.07 Å². The van der Waals surface area contributed by atoms with E-state index in [-0.39, 0.29) is 12.6 Å². The fraction of sp³-hybridized carbons (Fsp3) is 0.500. The maximum absolute atomic E-state index is 11.6. The average Bonchev–Trinajstić information content (AvgIpc) is 2.38. The zero-order valence-electron chi connectivity index (χ0n) is 11.7. The van der Waals surface area contributed by atoms with Crippen LogP contribution in [0.4, 0.5) is 0 Å². The molecule has 0 fully saturated rings. The van der Waals surface area contributed by atoms with Crippen LogP contribution in [0, 0.1) is 13.8 Å². The van der Waals surface area contributed by atoms with Gasteiger partial charge >= 0.3 is 5.97 Å². The minimum Gasteiger partial charge on any atom is -0.491 e. The molecule has 0 aliphatic heterocycles. The number of esters is 1. The van der Waals surface area contributed by atoms with E-state index in [1.54, 1.807) is 14.0 Å². The van der Waals surface area contributed by atoms with Crippen LogP contribution in [0.2, 0.25) is 0 Å². The standard InChI is InChI=1S/C14H21NO3/c1-10-6-7-12(8-11(10)2)18-9-14(3,15-4)13(16)17-5/h6-8,15H,9H2,1-5H3. The minimum absolute atomic E-state index is 0.221. The third-order valence-electron chi connectivity index (χ3n) is 3.19. The third-order valence-corrected chi connectivity index (χ3v) is 3.19. The van der Waals surface area contributed by atoms with E-state index in [1.807, 2.05) is 32.0 Å². The van der Waals surface area contributed by atoms with Gasteiger partial charge in [-0.25, -0.2) is 4.79 Å². The lowest BCUT2D eigenvalue weighted by Gasteiger charge is -2.26. The lowest BCUT2D eigenvalue weighted by atomic mass is 10.0. The van der Waals surface area contributed by atoms with Crippen molar-refractivity contribution in [1.29, 1.82) is 0 Å². The smallest absolute Gasteiger partial charge is 0.329 e. The maximum Gasteiger partial charge on any atom is 0.329 e. The molecule has 18 heavy (non-hydrogen) atoms. The van der Waals surface area contributed by atoms with E-state index in [0.717, 1.165) is 11.3 Å². The Balaban J connectivity index is 2.73. The summed E-state index contributed by atoms with van der Waals surface area (Å²) in [5.41, 5.74) is 1.54. The number of rotatable bonds is 5. The molecule has 4 nitrogen and oxygen atoms in total. The monoisotopic (exact) mass is 251 g/mol. The van der Waals surface area contributed by atoms with Gasteiger partial charge < -0.3 is 14.8 Å². The minimum atomic E-state index is -0.840. The van der Waals surface area contributed by atoms with Gasteiger partial charge in [0.05, 0.1) is 7.11 Å². The SMILES string of the molecule is CNC(C)(COc1ccc(C)c(C)c1)C(=O)OC. The number of carbonyl (C=O) groups is 1. The lowest BCUT2D eigenvalue weighted by molar-refractivity contribution is -0.148. The Bertz CT molecular complexity index is 431. The normalized spacial score (nSPS) is 13.8. The maximum atomic E-state index is 11.6. The number of carbonyl (C=O) groups excluding carboxylic acids is 1. The summed E-state index contributed by atoms with van der Waals surface area (Å²) in [5, 5.41) is 2.93. The predicted molar refractivity (Wildman–Crippen MR) is 70.9 cm³/mol. The van der Waals surface area contributed by atoms with Crippen LogP contribution in [-0.4, -0.2) is 32.3 Å². The zero-order chi connectivity index (χ0) is 13.8. The zero-order valence-corrected chi connectivity index (χ0v) is 11.7. The van der Waals surface area contributed by atoms with Gasteiger partial charge in [0.1, 0.15) is 17.9 Å². The highest BCUT2D eigenvalue weighted by atomic mass is 16.5. The Hall–Kier alpha value is -1.55. The van der Waals surface area contributed by atoms with Crippen LogP contribution in [-0.2, 0) is 9.53 Å². The van der Waals surface area contributed by atoms with E-state index in [0.29, 0.717) is 0 Å². The van der Waals surface area contributed by atoms with Crippen LogP contribution in [0.1, 0.15) is 18.1 Å². The van der Waals surface area contributed by atoms with Crippen molar-refractivity contribution < 1.29 is 14.3 Å².